The molecule has 0 rings (SSSR count). The zero-order chi connectivity index (χ0) is 13.8. The second kappa shape index (κ2) is 7.07. The molecule has 0 aromatic rings. The molecule has 0 radical (unpaired) electrons. The summed E-state index contributed by atoms with van der Waals surface area (Å²) in [6.45, 7) is 0. The summed E-state index contributed by atoms with van der Waals surface area (Å²) >= 11 is 0. The van der Waals surface area contributed by atoms with Gasteiger partial charge in [0.25, 0.3) is 0 Å². The van der Waals surface area contributed by atoms with Crippen molar-refractivity contribution in [3.63, 3.8) is 0 Å². The van der Waals surface area contributed by atoms with Gasteiger partial charge in [-0.2, -0.15) is 8.78 Å². The molecule has 0 aromatic heterocycles. The first-order valence-electron chi connectivity index (χ1n) is 3.53. The molecular weight excluding hydrogens is 260 g/mol. The van der Waals surface area contributed by atoms with Gasteiger partial charge in [-0.05, 0) is 0 Å². The Kier molecular flexibility index (Phi) is 7.41. The average molecular weight is 264 g/mol. The van der Waals surface area contributed by atoms with Crippen LogP contribution in [-0.2, 0) is 28.6 Å². The van der Waals surface area contributed by atoms with E-state index in [9.17, 15) is 28.0 Å². The normalized spacial score (nSPS) is 9.78. The van der Waals surface area contributed by atoms with Crippen LogP contribution in [0.3, 0.4) is 0 Å². The molecule has 0 aromatic carbocycles. The second-order valence-electron chi connectivity index (χ2n) is 2.29. The molecule has 0 aliphatic heterocycles. The van der Waals surface area contributed by atoms with Crippen LogP contribution < -0.4 is 18.9 Å². The number of carbonyl (C=O) groups is 4. The minimum absolute atomic E-state index is 0. The molecule has 96 valence electrons. The number of hydrogen-bond acceptors (Lipinski definition) is 8. The van der Waals surface area contributed by atoms with Crippen molar-refractivity contribution in [3.8, 4) is 0 Å². The van der Waals surface area contributed by atoms with Gasteiger partial charge < -0.3 is 26.0 Å². The molecule has 3 N–H and O–H groups in total. The van der Waals surface area contributed by atoms with E-state index in [-0.39, 0.29) is 20.3 Å². The summed E-state index contributed by atoms with van der Waals surface area (Å²) in [5.74, 6) is -15.3. The maximum Gasteiger partial charge on any atom is 1.00 e. The van der Waals surface area contributed by atoms with Crippen molar-refractivity contribution in [2.75, 3.05) is 0 Å². The van der Waals surface area contributed by atoms with Gasteiger partial charge in [-0.25, -0.2) is 19.2 Å². The topological polar surface area (TPSA) is 147 Å². The molecule has 0 bridgehead atoms. The van der Waals surface area contributed by atoms with Crippen LogP contribution in [0.4, 0.5) is 8.78 Å². The standard InChI is InChI=1S/C5H3BF2O9.Li.H/c7-5(8,3(11)12)4(13)16-1(9)2(10)17-6(14)15;;/h14-15H,(H,11,12);;/q;+1;-1. The molecule has 0 spiro atoms. The largest absolute Gasteiger partial charge is 1.00 e. The molecule has 0 unspecified atom stereocenters. The molecule has 18 heavy (non-hydrogen) atoms. The number of esters is 2. The number of carboxylic acid groups (broad SMARTS) is 1. The van der Waals surface area contributed by atoms with Crippen LogP contribution in [0.1, 0.15) is 1.43 Å². The predicted octanol–water partition coefficient (Wildman–Crippen LogP) is -5.59. The summed E-state index contributed by atoms with van der Waals surface area (Å²) in [6, 6.07) is 0. The number of ether oxygens (including phenoxy) is 1. The number of rotatable bonds is 3. The first-order chi connectivity index (χ1) is 7.59. The van der Waals surface area contributed by atoms with Crippen molar-refractivity contribution in [3.05, 3.63) is 0 Å². The minimum Gasteiger partial charge on any atom is -1.00 e. The summed E-state index contributed by atoms with van der Waals surface area (Å²) in [4.78, 5) is 41.2. The Hall–Kier alpha value is -1.48. The first kappa shape index (κ1) is 18.9. The molecule has 0 aliphatic rings. The van der Waals surface area contributed by atoms with E-state index < -0.39 is 37.1 Å². The molecule has 9 nitrogen and oxygen atoms in total. The van der Waals surface area contributed by atoms with Crippen LogP contribution in [0.2, 0.25) is 0 Å². The molecule has 0 amide bonds. The third-order valence-corrected chi connectivity index (χ3v) is 1.09. The zero-order valence-electron chi connectivity index (χ0n) is 9.62. The van der Waals surface area contributed by atoms with Gasteiger partial charge in [0.1, 0.15) is 0 Å². The van der Waals surface area contributed by atoms with E-state index in [4.69, 9.17) is 15.2 Å². The number of alkyl halides is 2. The molecule has 0 saturated carbocycles. The Morgan fingerprint density at radius 2 is 1.56 bits per heavy atom. The Balaban J connectivity index is -0.00000128. The van der Waals surface area contributed by atoms with Crippen molar-refractivity contribution >= 4 is 31.2 Å². The third kappa shape index (κ3) is 5.23. The van der Waals surface area contributed by atoms with E-state index in [0.717, 1.165) is 0 Å². The van der Waals surface area contributed by atoms with Crippen LogP contribution in [0.25, 0.3) is 0 Å². The number of aliphatic carboxylic acids is 1. The Bertz CT molecular complexity index is 376. The van der Waals surface area contributed by atoms with Gasteiger partial charge in [-0.3, -0.25) is 0 Å². The van der Waals surface area contributed by atoms with E-state index in [1.807, 2.05) is 0 Å². The molecule has 0 heterocycles. The Morgan fingerprint density at radius 1 is 1.11 bits per heavy atom. The molecular formula is C5H4BF2LiO9. The van der Waals surface area contributed by atoms with Crippen molar-refractivity contribution in [2.24, 2.45) is 0 Å². The number of carboxylic acids is 1. The fourth-order valence-electron chi connectivity index (χ4n) is 0.421. The fraction of sp³-hybridized carbons (Fsp3) is 0.200. The van der Waals surface area contributed by atoms with Gasteiger partial charge in [-0.1, -0.05) is 0 Å². The van der Waals surface area contributed by atoms with E-state index in [1.54, 1.807) is 0 Å². The summed E-state index contributed by atoms with van der Waals surface area (Å²) in [5, 5.41) is 23.9. The maximum atomic E-state index is 12.3. The van der Waals surface area contributed by atoms with Crippen LogP contribution in [0.15, 0.2) is 0 Å². The van der Waals surface area contributed by atoms with Gasteiger partial charge >= 0.3 is 56.0 Å². The van der Waals surface area contributed by atoms with E-state index in [0.29, 0.717) is 0 Å². The van der Waals surface area contributed by atoms with Crippen molar-refractivity contribution in [1.82, 2.24) is 0 Å². The van der Waals surface area contributed by atoms with Gasteiger partial charge in [0.05, 0.1) is 0 Å². The number of carbonyl (C=O) groups excluding carboxylic acids is 3. The minimum atomic E-state index is -5.03. The number of halogens is 2. The van der Waals surface area contributed by atoms with Crippen molar-refractivity contribution in [1.29, 1.82) is 0 Å². The predicted molar refractivity (Wildman–Crippen MR) is 41.1 cm³/mol. The zero-order valence-corrected chi connectivity index (χ0v) is 8.62. The van der Waals surface area contributed by atoms with Crippen LogP contribution in [0, 0.1) is 0 Å². The molecule has 0 fully saturated rings. The third-order valence-electron chi connectivity index (χ3n) is 1.09. The monoisotopic (exact) mass is 264 g/mol. The van der Waals surface area contributed by atoms with E-state index in [1.165, 1.54) is 0 Å². The van der Waals surface area contributed by atoms with Crippen LogP contribution in [-0.4, -0.2) is 52.3 Å². The molecule has 0 atom stereocenters. The van der Waals surface area contributed by atoms with Crippen LogP contribution in [0.5, 0.6) is 0 Å². The van der Waals surface area contributed by atoms with E-state index in [2.05, 4.69) is 9.39 Å². The fourth-order valence-corrected chi connectivity index (χ4v) is 0.421. The van der Waals surface area contributed by atoms with Gasteiger partial charge in [-0.15, -0.1) is 0 Å². The average Bonchev–Trinajstić information content (AvgIpc) is 2.15. The quantitative estimate of drug-likeness (QED) is 0.196. The van der Waals surface area contributed by atoms with Crippen LogP contribution >= 0.6 is 0 Å². The molecule has 0 saturated heterocycles. The number of hydrogen-bond donors (Lipinski definition) is 3. The molecule has 0 aliphatic carbocycles. The van der Waals surface area contributed by atoms with Crippen molar-refractivity contribution in [2.45, 2.75) is 5.92 Å². The summed E-state index contributed by atoms with van der Waals surface area (Å²) in [7, 11) is -2.73. The summed E-state index contributed by atoms with van der Waals surface area (Å²) < 4.78 is 31.2. The summed E-state index contributed by atoms with van der Waals surface area (Å²) in [5.41, 5.74) is 0. The smallest absolute Gasteiger partial charge is 1.00 e. The van der Waals surface area contributed by atoms with Gasteiger partial charge in [0.2, 0.25) is 0 Å². The maximum absolute atomic E-state index is 12.3. The van der Waals surface area contributed by atoms with E-state index >= 15 is 0 Å². The van der Waals surface area contributed by atoms with Crippen molar-refractivity contribution < 1.29 is 72.8 Å². The van der Waals surface area contributed by atoms with Gasteiger partial charge in [0.15, 0.2) is 0 Å². The molecule has 13 heteroatoms. The first-order valence-corrected chi connectivity index (χ1v) is 3.53. The second-order valence-corrected chi connectivity index (χ2v) is 2.29. The summed E-state index contributed by atoms with van der Waals surface area (Å²) in [6.07, 6.45) is 0. The van der Waals surface area contributed by atoms with Gasteiger partial charge in [0, 0.05) is 0 Å². The SMILES string of the molecule is O=C(OB(O)O)C(=O)OC(=O)C(F)(F)C(=O)O.[H-].[Li+]. The Morgan fingerprint density at radius 3 is 1.89 bits per heavy atom. The Labute approximate surface area is 110 Å².